The zero-order valence-electron chi connectivity index (χ0n) is 7.51. The minimum absolute atomic E-state index is 0.0104. The molecule has 0 amide bonds. The van der Waals surface area contributed by atoms with Crippen LogP contribution in [0.4, 0.5) is 5.69 Å². The molecule has 2 nitrogen and oxygen atoms in total. The third kappa shape index (κ3) is 2.22. The molecule has 1 rings (SSSR count). The first-order valence-electron chi connectivity index (χ1n) is 4.11. The summed E-state index contributed by atoms with van der Waals surface area (Å²) < 4.78 is 0. The van der Waals surface area contributed by atoms with Crippen molar-refractivity contribution >= 4 is 23.1 Å². The van der Waals surface area contributed by atoms with Crippen LogP contribution < -0.4 is 5.73 Å². The van der Waals surface area contributed by atoms with Gasteiger partial charge in [0.05, 0.1) is 0 Å². The van der Waals surface area contributed by atoms with Gasteiger partial charge in [-0.3, -0.25) is 4.79 Å². The van der Waals surface area contributed by atoms with Crippen LogP contribution in [0.3, 0.4) is 0 Å². The van der Waals surface area contributed by atoms with Gasteiger partial charge in [0.2, 0.25) is 0 Å². The van der Waals surface area contributed by atoms with Gasteiger partial charge in [-0.1, -0.05) is 12.1 Å². The first-order chi connectivity index (χ1) is 6.16. The number of carbonyl (C=O) groups excluding carboxylic acids is 1. The fraction of sp³-hybridized carbons (Fsp3) is 0.300. The maximum absolute atomic E-state index is 11.5. The highest BCUT2D eigenvalue weighted by Crippen LogP contribution is 2.17. The average molecular weight is 198 g/mol. The van der Waals surface area contributed by atoms with Gasteiger partial charge in [0.1, 0.15) is 0 Å². The lowest BCUT2D eigenvalue weighted by atomic mass is 10.0. The Morgan fingerprint density at radius 2 is 2.23 bits per heavy atom. The number of hydrogen-bond acceptors (Lipinski definition) is 2. The summed E-state index contributed by atoms with van der Waals surface area (Å²) in [6.07, 6.45) is 0.342. The van der Waals surface area contributed by atoms with Gasteiger partial charge in [-0.15, -0.1) is 11.6 Å². The molecule has 2 N–H and O–H groups in total. The molecule has 0 aromatic heterocycles. The van der Waals surface area contributed by atoms with E-state index in [2.05, 4.69) is 0 Å². The largest absolute Gasteiger partial charge is 0.398 e. The van der Waals surface area contributed by atoms with Crippen molar-refractivity contribution in [1.29, 1.82) is 0 Å². The number of hydrogen-bond donors (Lipinski definition) is 1. The second-order valence-electron chi connectivity index (χ2n) is 2.90. The lowest BCUT2D eigenvalue weighted by Crippen LogP contribution is -2.05. The zero-order valence-corrected chi connectivity index (χ0v) is 8.27. The predicted molar refractivity (Wildman–Crippen MR) is 55.3 cm³/mol. The molecule has 0 radical (unpaired) electrons. The number of ketones is 1. The first kappa shape index (κ1) is 10.1. The summed E-state index contributed by atoms with van der Waals surface area (Å²) in [5, 5.41) is 0. The summed E-state index contributed by atoms with van der Waals surface area (Å²) >= 11 is 5.48. The molecule has 0 fully saturated rings. The molecular weight excluding hydrogens is 186 g/mol. The van der Waals surface area contributed by atoms with Crippen LogP contribution in [-0.4, -0.2) is 11.7 Å². The van der Waals surface area contributed by atoms with E-state index in [-0.39, 0.29) is 5.78 Å². The van der Waals surface area contributed by atoms with Crippen molar-refractivity contribution in [1.82, 2.24) is 0 Å². The number of anilines is 1. The SMILES string of the molecule is Cc1cccc(C(=O)CCCl)c1N. The molecule has 0 aliphatic heterocycles. The molecule has 0 bridgehead atoms. The standard InChI is InChI=1S/C10H12ClNO/c1-7-3-2-4-8(10(7)12)9(13)5-6-11/h2-4H,5-6,12H2,1H3. The highest BCUT2D eigenvalue weighted by Gasteiger charge is 2.09. The Kier molecular flexibility index (Phi) is 3.32. The van der Waals surface area contributed by atoms with Crippen molar-refractivity contribution in [3.8, 4) is 0 Å². The van der Waals surface area contributed by atoms with Crippen molar-refractivity contribution in [3.05, 3.63) is 29.3 Å². The Labute approximate surface area is 82.7 Å². The van der Waals surface area contributed by atoms with Crippen molar-refractivity contribution in [2.75, 3.05) is 11.6 Å². The number of aryl methyl sites for hydroxylation is 1. The fourth-order valence-corrected chi connectivity index (χ4v) is 1.32. The predicted octanol–water partition coefficient (Wildman–Crippen LogP) is 2.39. The van der Waals surface area contributed by atoms with Crippen LogP contribution in [0, 0.1) is 6.92 Å². The van der Waals surface area contributed by atoms with E-state index in [0.29, 0.717) is 23.6 Å². The highest BCUT2D eigenvalue weighted by atomic mass is 35.5. The molecule has 0 saturated heterocycles. The molecule has 0 heterocycles. The number of nitrogens with two attached hydrogens (primary N) is 1. The molecule has 1 aromatic rings. The number of halogens is 1. The molecule has 3 heteroatoms. The second kappa shape index (κ2) is 4.28. The summed E-state index contributed by atoms with van der Waals surface area (Å²) in [6, 6.07) is 5.44. The van der Waals surface area contributed by atoms with Crippen LogP contribution in [0.25, 0.3) is 0 Å². The molecule has 13 heavy (non-hydrogen) atoms. The van der Waals surface area contributed by atoms with E-state index in [0.717, 1.165) is 5.56 Å². The fourth-order valence-electron chi connectivity index (χ4n) is 1.14. The lowest BCUT2D eigenvalue weighted by Gasteiger charge is -2.05. The summed E-state index contributed by atoms with van der Waals surface area (Å²) in [4.78, 5) is 11.5. The maximum Gasteiger partial charge on any atom is 0.166 e. The van der Waals surface area contributed by atoms with E-state index in [1.54, 1.807) is 6.07 Å². The number of para-hydroxylation sites is 1. The van der Waals surface area contributed by atoms with E-state index >= 15 is 0 Å². The van der Waals surface area contributed by atoms with Crippen LogP contribution in [0.1, 0.15) is 22.3 Å². The summed E-state index contributed by atoms with van der Waals surface area (Å²) in [7, 11) is 0. The second-order valence-corrected chi connectivity index (χ2v) is 3.28. The molecule has 0 spiro atoms. The lowest BCUT2D eigenvalue weighted by molar-refractivity contribution is 0.0990. The van der Waals surface area contributed by atoms with E-state index in [9.17, 15) is 4.79 Å². The molecule has 70 valence electrons. The van der Waals surface area contributed by atoms with E-state index in [1.807, 2.05) is 19.1 Å². The van der Waals surface area contributed by atoms with E-state index in [4.69, 9.17) is 17.3 Å². The first-order valence-corrected chi connectivity index (χ1v) is 4.64. The quantitative estimate of drug-likeness (QED) is 0.459. The van der Waals surface area contributed by atoms with Crippen molar-refractivity contribution < 1.29 is 4.79 Å². The van der Waals surface area contributed by atoms with Gasteiger partial charge in [-0.2, -0.15) is 0 Å². The number of nitrogen functional groups attached to an aromatic ring is 1. The molecule has 0 aliphatic carbocycles. The summed E-state index contributed by atoms with van der Waals surface area (Å²) in [5.74, 6) is 0.350. The molecule has 0 atom stereocenters. The summed E-state index contributed by atoms with van der Waals surface area (Å²) in [6.45, 7) is 1.88. The number of Topliss-reactive ketones (excluding diaryl/α,β-unsaturated/α-hetero) is 1. The molecule has 0 saturated carbocycles. The monoisotopic (exact) mass is 197 g/mol. The Morgan fingerprint density at radius 1 is 1.54 bits per heavy atom. The Balaban J connectivity index is 3.01. The number of alkyl halides is 1. The topological polar surface area (TPSA) is 43.1 Å². The highest BCUT2D eigenvalue weighted by molar-refractivity contribution is 6.19. The van der Waals surface area contributed by atoms with Crippen LogP contribution in [-0.2, 0) is 0 Å². The normalized spacial score (nSPS) is 10.0. The van der Waals surface area contributed by atoms with Gasteiger partial charge >= 0.3 is 0 Å². The van der Waals surface area contributed by atoms with Crippen LogP contribution in [0.2, 0.25) is 0 Å². The van der Waals surface area contributed by atoms with Crippen LogP contribution in [0.5, 0.6) is 0 Å². The van der Waals surface area contributed by atoms with Crippen molar-refractivity contribution in [3.63, 3.8) is 0 Å². The minimum Gasteiger partial charge on any atom is -0.398 e. The van der Waals surface area contributed by atoms with Gasteiger partial charge in [-0.05, 0) is 18.6 Å². The smallest absolute Gasteiger partial charge is 0.166 e. The van der Waals surface area contributed by atoms with Crippen LogP contribution >= 0.6 is 11.6 Å². The van der Waals surface area contributed by atoms with Gasteiger partial charge in [-0.25, -0.2) is 0 Å². The third-order valence-electron chi connectivity index (χ3n) is 1.95. The number of carbonyl (C=O) groups is 1. The Bertz CT molecular complexity index is 323. The Morgan fingerprint density at radius 3 is 2.85 bits per heavy atom. The van der Waals surface area contributed by atoms with Gasteiger partial charge in [0.15, 0.2) is 5.78 Å². The molecule has 1 aromatic carbocycles. The molecule has 0 unspecified atom stereocenters. The number of benzene rings is 1. The maximum atomic E-state index is 11.5. The third-order valence-corrected chi connectivity index (χ3v) is 2.14. The summed E-state index contributed by atoms with van der Waals surface area (Å²) in [5.41, 5.74) is 7.83. The Hall–Kier alpha value is -1.02. The number of rotatable bonds is 3. The van der Waals surface area contributed by atoms with E-state index in [1.165, 1.54) is 0 Å². The van der Waals surface area contributed by atoms with Crippen LogP contribution in [0.15, 0.2) is 18.2 Å². The van der Waals surface area contributed by atoms with Gasteiger partial charge in [0, 0.05) is 23.6 Å². The van der Waals surface area contributed by atoms with Crippen molar-refractivity contribution in [2.45, 2.75) is 13.3 Å². The van der Waals surface area contributed by atoms with Crippen molar-refractivity contribution in [2.24, 2.45) is 0 Å². The van der Waals surface area contributed by atoms with Gasteiger partial charge < -0.3 is 5.73 Å². The zero-order chi connectivity index (χ0) is 9.84. The molecule has 0 aliphatic rings. The van der Waals surface area contributed by atoms with Gasteiger partial charge in [0.25, 0.3) is 0 Å². The molecular formula is C10H12ClNO. The minimum atomic E-state index is 0.0104. The van der Waals surface area contributed by atoms with E-state index < -0.39 is 0 Å². The average Bonchev–Trinajstić information content (AvgIpc) is 2.10.